The van der Waals surface area contributed by atoms with Crippen LogP contribution in [0.1, 0.15) is 18.5 Å². The highest BCUT2D eigenvalue weighted by Gasteiger charge is 2.24. The highest BCUT2D eigenvalue weighted by atomic mass is 16.5. The molecule has 2 atom stereocenters. The van der Waals surface area contributed by atoms with E-state index in [4.69, 9.17) is 14.2 Å². The third kappa shape index (κ3) is 3.87. The van der Waals surface area contributed by atoms with E-state index in [2.05, 4.69) is 23.2 Å². The van der Waals surface area contributed by atoms with Crippen molar-refractivity contribution < 1.29 is 14.2 Å². The fourth-order valence-electron chi connectivity index (χ4n) is 2.72. The van der Waals surface area contributed by atoms with Crippen LogP contribution < -0.4 is 14.8 Å². The lowest BCUT2D eigenvalue weighted by molar-refractivity contribution is -0.00425. The van der Waals surface area contributed by atoms with E-state index in [0.29, 0.717) is 6.04 Å². The Labute approximate surface area is 127 Å². The van der Waals surface area contributed by atoms with Gasteiger partial charge in [0.2, 0.25) is 0 Å². The fraction of sp³-hybridized carbons (Fsp3) is 0.625. The predicted molar refractivity (Wildman–Crippen MR) is 83.2 cm³/mol. The van der Waals surface area contributed by atoms with Gasteiger partial charge in [0, 0.05) is 36.8 Å². The number of benzene rings is 1. The first kappa shape index (κ1) is 16.1. The summed E-state index contributed by atoms with van der Waals surface area (Å²) in [4.78, 5) is 2.45. The number of rotatable bonds is 6. The van der Waals surface area contributed by atoms with E-state index in [0.717, 1.165) is 43.4 Å². The van der Waals surface area contributed by atoms with Crippen LogP contribution in [0, 0.1) is 0 Å². The molecule has 0 aliphatic carbocycles. The summed E-state index contributed by atoms with van der Waals surface area (Å²) in [5, 5.41) is 3.40. The summed E-state index contributed by atoms with van der Waals surface area (Å²) < 4.78 is 16.3. The van der Waals surface area contributed by atoms with E-state index < -0.39 is 0 Å². The highest BCUT2D eigenvalue weighted by molar-refractivity contribution is 5.42. The standard InChI is InChI=1S/C16H26N2O3/c1-12-11-21-8-7-18(12)10-15(17-2)14-6-5-13(19-3)9-16(14)20-4/h5-6,9,12,15,17H,7-8,10-11H2,1-4H3. The summed E-state index contributed by atoms with van der Waals surface area (Å²) >= 11 is 0. The first-order valence-corrected chi connectivity index (χ1v) is 7.40. The van der Waals surface area contributed by atoms with Gasteiger partial charge in [0.25, 0.3) is 0 Å². The largest absolute Gasteiger partial charge is 0.497 e. The summed E-state index contributed by atoms with van der Waals surface area (Å²) in [6, 6.07) is 6.64. The zero-order chi connectivity index (χ0) is 15.2. The summed E-state index contributed by atoms with van der Waals surface area (Å²) in [5.74, 6) is 1.67. The second-order valence-corrected chi connectivity index (χ2v) is 5.37. The van der Waals surface area contributed by atoms with Crippen LogP contribution in [0.15, 0.2) is 18.2 Å². The van der Waals surface area contributed by atoms with Gasteiger partial charge >= 0.3 is 0 Å². The molecule has 5 heteroatoms. The van der Waals surface area contributed by atoms with Crippen LogP contribution in [0.3, 0.4) is 0 Å². The van der Waals surface area contributed by atoms with E-state index in [9.17, 15) is 0 Å². The van der Waals surface area contributed by atoms with E-state index >= 15 is 0 Å². The monoisotopic (exact) mass is 294 g/mol. The van der Waals surface area contributed by atoms with Crippen molar-refractivity contribution in [3.63, 3.8) is 0 Å². The van der Waals surface area contributed by atoms with Gasteiger partial charge in [-0.3, -0.25) is 4.90 Å². The van der Waals surface area contributed by atoms with Crippen LogP contribution in [0.2, 0.25) is 0 Å². The molecule has 0 radical (unpaired) electrons. The maximum absolute atomic E-state index is 5.52. The van der Waals surface area contributed by atoms with Gasteiger partial charge in [-0.25, -0.2) is 0 Å². The maximum Gasteiger partial charge on any atom is 0.127 e. The molecule has 0 saturated carbocycles. The van der Waals surface area contributed by atoms with Crippen molar-refractivity contribution in [2.75, 3.05) is 47.6 Å². The van der Waals surface area contributed by atoms with Gasteiger partial charge in [-0.15, -0.1) is 0 Å². The van der Waals surface area contributed by atoms with Crippen LogP contribution in [0.25, 0.3) is 0 Å². The molecule has 0 aromatic heterocycles. The number of methoxy groups -OCH3 is 2. The molecule has 2 rings (SSSR count). The average Bonchev–Trinajstić information content (AvgIpc) is 2.53. The van der Waals surface area contributed by atoms with Crippen molar-refractivity contribution in [1.29, 1.82) is 0 Å². The average molecular weight is 294 g/mol. The van der Waals surface area contributed by atoms with Crippen molar-refractivity contribution in [3.8, 4) is 11.5 Å². The smallest absolute Gasteiger partial charge is 0.127 e. The third-order valence-electron chi connectivity index (χ3n) is 4.09. The van der Waals surface area contributed by atoms with Crippen LogP contribution >= 0.6 is 0 Å². The molecule has 1 fully saturated rings. The number of nitrogens with zero attached hydrogens (tertiary/aromatic N) is 1. The highest BCUT2D eigenvalue weighted by Crippen LogP contribution is 2.30. The fourth-order valence-corrected chi connectivity index (χ4v) is 2.72. The number of hydrogen-bond donors (Lipinski definition) is 1. The molecule has 1 saturated heterocycles. The molecule has 5 nitrogen and oxygen atoms in total. The van der Waals surface area contributed by atoms with E-state index in [1.54, 1.807) is 14.2 Å². The van der Waals surface area contributed by atoms with Crippen molar-refractivity contribution in [1.82, 2.24) is 10.2 Å². The number of ether oxygens (including phenoxy) is 3. The number of hydrogen-bond acceptors (Lipinski definition) is 5. The molecule has 2 unspecified atom stereocenters. The summed E-state index contributed by atoms with van der Waals surface area (Å²) in [6.07, 6.45) is 0. The summed E-state index contributed by atoms with van der Waals surface area (Å²) in [6.45, 7) is 5.72. The van der Waals surface area contributed by atoms with Crippen molar-refractivity contribution in [2.24, 2.45) is 0 Å². The first-order chi connectivity index (χ1) is 10.2. The quantitative estimate of drug-likeness (QED) is 0.865. The predicted octanol–water partition coefficient (Wildman–Crippen LogP) is 1.68. The van der Waals surface area contributed by atoms with E-state index in [1.807, 2.05) is 19.2 Å². The third-order valence-corrected chi connectivity index (χ3v) is 4.09. The summed E-state index contributed by atoms with van der Waals surface area (Å²) in [5.41, 5.74) is 1.15. The number of nitrogens with one attached hydrogen (secondary N) is 1. The first-order valence-electron chi connectivity index (χ1n) is 7.40. The van der Waals surface area contributed by atoms with Crippen LogP contribution in [0.5, 0.6) is 11.5 Å². The van der Waals surface area contributed by atoms with Gasteiger partial charge in [-0.2, -0.15) is 0 Å². The molecule has 0 spiro atoms. The molecular weight excluding hydrogens is 268 g/mol. The number of likely N-dealkylation sites (N-methyl/N-ethyl adjacent to an activating group) is 1. The molecule has 118 valence electrons. The molecule has 1 aliphatic rings. The van der Waals surface area contributed by atoms with Gasteiger partial charge < -0.3 is 19.5 Å². The Bertz CT molecular complexity index is 453. The molecule has 1 heterocycles. The second kappa shape index (κ2) is 7.64. The SMILES string of the molecule is CNC(CN1CCOCC1C)c1ccc(OC)cc1OC. The van der Waals surface area contributed by atoms with E-state index in [-0.39, 0.29) is 6.04 Å². The lowest BCUT2D eigenvalue weighted by Crippen LogP contribution is -2.47. The van der Waals surface area contributed by atoms with Crippen LogP contribution in [0.4, 0.5) is 0 Å². The van der Waals surface area contributed by atoms with Gasteiger partial charge in [0.1, 0.15) is 11.5 Å². The lowest BCUT2D eigenvalue weighted by Gasteiger charge is -2.36. The van der Waals surface area contributed by atoms with Gasteiger partial charge in [0.05, 0.1) is 27.4 Å². The van der Waals surface area contributed by atoms with Crippen molar-refractivity contribution >= 4 is 0 Å². The minimum absolute atomic E-state index is 0.214. The molecule has 1 aliphatic heterocycles. The minimum atomic E-state index is 0.214. The van der Waals surface area contributed by atoms with Crippen LogP contribution in [-0.2, 0) is 4.74 Å². The molecule has 0 amide bonds. The normalized spacial score (nSPS) is 21.0. The Morgan fingerprint density at radius 2 is 2.19 bits per heavy atom. The zero-order valence-corrected chi connectivity index (χ0v) is 13.4. The Kier molecular flexibility index (Phi) is 5.85. The second-order valence-electron chi connectivity index (χ2n) is 5.37. The zero-order valence-electron chi connectivity index (χ0n) is 13.4. The van der Waals surface area contributed by atoms with Gasteiger partial charge in [-0.1, -0.05) is 6.07 Å². The summed E-state index contributed by atoms with van der Waals surface area (Å²) in [7, 11) is 5.35. The van der Waals surface area contributed by atoms with Gasteiger partial charge in [0.15, 0.2) is 0 Å². The topological polar surface area (TPSA) is 43.0 Å². The Morgan fingerprint density at radius 1 is 1.38 bits per heavy atom. The van der Waals surface area contributed by atoms with Crippen molar-refractivity contribution in [2.45, 2.75) is 19.0 Å². The van der Waals surface area contributed by atoms with Crippen LogP contribution in [-0.4, -0.2) is 58.5 Å². The molecule has 1 aromatic rings. The Hall–Kier alpha value is -1.30. The molecule has 0 bridgehead atoms. The Balaban J connectivity index is 2.16. The molecule has 1 N–H and O–H groups in total. The maximum atomic E-state index is 5.52. The number of morpholine rings is 1. The van der Waals surface area contributed by atoms with Gasteiger partial charge in [-0.05, 0) is 20.0 Å². The molecule has 21 heavy (non-hydrogen) atoms. The molecule has 1 aromatic carbocycles. The minimum Gasteiger partial charge on any atom is -0.497 e. The Morgan fingerprint density at radius 3 is 2.81 bits per heavy atom. The van der Waals surface area contributed by atoms with Crippen molar-refractivity contribution in [3.05, 3.63) is 23.8 Å². The molecular formula is C16H26N2O3. The lowest BCUT2D eigenvalue weighted by atomic mass is 10.0. The van der Waals surface area contributed by atoms with E-state index in [1.165, 1.54) is 0 Å².